The number of nitrogens with one attached hydrogen (secondary N) is 1. The Kier molecular flexibility index (Phi) is 4.40. The number of thiophene rings is 1. The van der Waals surface area contributed by atoms with E-state index in [0.717, 1.165) is 22.4 Å². The van der Waals surface area contributed by atoms with Gasteiger partial charge >= 0.3 is 0 Å². The van der Waals surface area contributed by atoms with Crippen LogP contribution < -0.4 is 11.3 Å². The average molecular weight is 365 g/mol. The molecule has 3 rings (SSSR count). The second-order valence-corrected chi connectivity index (χ2v) is 7.34. The zero-order valence-electron chi connectivity index (χ0n) is 11.7. The number of para-hydroxylation sites is 1. The molecule has 3 aromatic rings. The predicted molar refractivity (Wildman–Crippen MR) is 91.2 cm³/mol. The lowest BCUT2D eigenvalue weighted by Gasteiger charge is -2.12. The summed E-state index contributed by atoms with van der Waals surface area (Å²) in [5.41, 5.74) is 5.17. The first kappa shape index (κ1) is 14.7. The van der Waals surface area contributed by atoms with Crippen molar-refractivity contribution in [3.8, 4) is 0 Å². The van der Waals surface area contributed by atoms with Crippen LogP contribution in [0, 0.1) is 0 Å². The van der Waals surface area contributed by atoms with Crippen LogP contribution in [-0.2, 0) is 13.0 Å². The fraction of sp³-hybridized carbons (Fsp3) is 0.267. The Morgan fingerprint density at radius 3 is 2.81 bits per heavy atom. The zero-order valence-corrected chi connectivity index (χ0v) is 14.1. The van der Waals surface area contributed by atoms with Crippen LogP contribution in [0.1, 0.15) is 23.5 Å². The topological polar surface area (TPSA) is 55.9 Å². The molecule has 0 aliphatic carbocycles. The number of aryl methyl sites for hydroxylation is 1. The van der Waals surface area contributed by atoms with Gasteiger partial charge in [0.05, 0.1) is 21.0 Å². The molecular formula is C15H17BrN4S. The van der Waals surface area contributed by atoms with E-state index < -0.39 is 0 Å². The molecule has 1 aromatic carbocycles. The Bertz CT molecular complexity index is 749. The van der Waals surface area contributed by atoms with E-state index >= 15 is 0 Å². The van der Waals surface area contributed by atoms with Crippen molar-refractivity contribution in [2.75, 3.05) is 0 Å². The SMILES string of the molecule is CCn1nc(CC(NN)c2ccc(Br)s2)c2ccccc21. The number of hydrogen-bond acceptors (Lipinski definition) is 4. The minimum Gasteiger partial charge on any atom is -0.271 e. The lowest BCUT2D eigenvalue weighted by Crippen LogP contribution is -2.29. The quantitative estimate of drug-likeness (QED) is 0.536. The smallest absolute Gasteiger partial charge is 0.0723 e. The highest BCUT2D eigenvalue weighted by Crippen LogP contribution is 2.30. The van der Waals surface area contributed by atoms with Crippen molar-refractivity contribution >= 4 is 38.2 Å². The number of rotatable bonds is 5. The first-order valence-electron chi connectivity index (χ1n) is 6.88. The maximum absolute atomic E-state index is 5.75. The van der Waals surface area contributed by atoms with Gasteiger partial charge in [0.15, 0.2) is 0 Å². The monoisotopic (exact) mass is 364 g/mol. The summed E-state index contributed by atoms with van der Waals surface area (Å²) in [6.07, 6.45) is 0.775. The molecule has 1 unspecified atom stereocenters. The second kappa shape index (κ2) is 6.27. The van der Waals surface area contributed by atoms with Crippen LogP contribution in [0.25, 0.3) is 10.9 Å². The van der Waals surface area contributed by atoms with Crippen LogP contribution in [0.3, 0.4) is 0 Å². The minimum absolute atomic E-state index is 0.0740. The van der Waals surface area contributed by atoms with E-state index in [4.69, 9.17) is 10.9 Å². The van der Waals surface area contributed by atoms with E-state index in [-0.39, 0.29) is 6.04 Å². The molecule has 1 atom stereocenters. The van der Waals surface area contributed by atoms with Crippen molar-refractivity contribution in [3.63, 3.8) is 0 Å². The largest absolute Gasteiger partial charge is 0.271 e. The number of fused-ring (bicyclic) bond motifs is 1. The number of hydrazine groups is 1. The molecule has 6 heteroatoms. The first-order valence-corrected chi connectivity index (χ1v) is 8.49. The number of benzene rings is 1. The van der Waals surface area contributed by atoms with Crippen molar-refractivity contribution in [2.45, 2.75) is 25.9 Å². The molecule has 110 valence electrons. The van der Waals surface area contributed by atoms with Crippen LogP contribution in [0.5, 0.6) is 0 Å². The summed E-state index contributed by atoms with van der Waals surface area (Å²) in [6.45, 7) is 2.98. The van der Waals surface area contributed by atoms with E-state index in [0.29, 0.717) is 0 Å². The van der Waals surface area contributed by atoms with Gasteiger partial charge in [0.1, 0.15) is 0 Å². The first-order chi connectivity index (χ1) is 10.2. The fourth-order valence-electron chi connectivity index (χ4n) is 2.54. The molecule has 2 heterocycles. The Morgan fingerprint density at radius 2 is 2.14 bits per heavy atom. The Morgan fingerprint density at radius 1 is 1.33 bits per heavy atom. The molecule has 21 heavy (non-hydrogen) atoms. The third-order valence-corrected chi connectivity index (χ3v) is 5.31. The van der Waals surface area contributed by atoms with E-state index in [1.165, 1.54) is 15.8 Å². The van der Waals surface area contributed by atoms with Crippen molar-refractivity contribution in [1.82, 2.24) is 15.2 Å². The summed E-state index contributed by atoms with van der Waals surface area (Å²) < 4.78 is 3.16. The summed E-state index contributed by atoms with van der Waals surface area (Å²) in [6, 6.07) is 12.6. The lowest BCUT2D eigenvalue weighted by atomic mass is 10.1. The molecule has 0 bridgehead atoms. The summed E-state index contributed by atoms with van der Waals surface area (Å²) in [4.78, 5) is 1.21. The molecular weight excluding hydrogens is 348 g/mol. The van der Waals surface area contributed by atoms with Crippen molar-refractivity contribution in [1.29, 1.82) is 0 Å². The van der Waals surface area contributed by atoms with Crippen LogP contribution in [0.4, 0.5) is 0 Å². The molecule has 0 spiro atoms. The summed E-state index contributed by atoms with van der Waals surface area (Å²) in [5, 5.41) is 5.95. The van der Waals surface area contributed by atoms with Gasteiger partial charge in [-0.3, -0.25) is 16.0 Å². The fourth-order valence-corrected chi connectivity index (χ4v) is 4.02. The number of halogens is 1. The van der Waals surface area contributed by atoms with E-state index in [2.05, 4.69) is 58.6 Å². The molecule has 0 amide bonds. The van der Waals surface area contributed by atoms with Gasteiger partial charge in [-0.25, -0.2) is 0 Å². The minimum atomic E-state index is 0.0740. The number of nitrogens with zero attached hydrogens (tertiary/aromatic N) is 2. The van der Waals surface area contributed by atoms with Crippen LogP contribution >= 0.6 is 27.3 Å². The van der Waals surface area contributed by atoms with Gasteiger partial charge in [-0.05, 0) is 41.1 Å². The van der Waals surface area contributed by atoms with E-state index in [1.807, 2.05) is 10.7 Å². The van der Waals surface area contributed by atoms with Crippen LogP contribution in [-0.4, -0.2) is 9.78 Å². The molecule has 0 radical (unpaired) electrons. The lowest BCUT2D eigenvalue weighted by molar-refractivity contribution is 0.547. The number of nitrogens with two attached hydrogens (primary N) is 1. The van der Waals surface area contributed by atoms with Gasteiger partial charge in [-0.2, -0.15) is 5.10 Å². The maximum Gasteiger partial charge on any atom is 0.0723 e. The van der Waals surface area contributed by atoms with Gasteiger partial charge in [0, 0.05) is 23.2 Å². The van der Waals surface area contributed by atoms with Crippen LogP contribution in [0.2, 0.25) is 0 Å². The third kappa shape index (κ3) is 2.89. The summed E-state index contributed by atoms with van der Waals surface area (Å²) in [5.74, 6) is 5.75. The molecule has 3 N–H and O–H groups in total. The number of aromatic nitrogens is 2. The molecule has 0 aliphatic rings. The van der Waals surface area contributed by atoms with E-state index in [9.17, 15) is 0 Å². The maximum atomic E-state index is 5.75. The van der Waals surface area contributed by atoms with Crippen LogP contribution in [0.15, 0.2) is 40.2 Å². The molecule has 0 saturated carbocycles. The van der Waals surface area contributed by atoms with E-state index in [1.54, 1.807) is 11.3 Å². The second-order valence-electron chi connectivity index (χ2n) is 4.84. The highest BCUT2D eigenvalue weighted by molar-refractivity contribution is 9.11. The Labute approximate surface area is 136 Å². The highest BCUT2D eigenvalue weighted by atomic mass is 79.9. The van der Waals surface area contributed by atoms with Crippen molar-refractivity contribution in [3.05, 3.63) is 50.8 Å². The van der Waals surface area contributed by atoms with Gasteiger partial charge in [-0.15, -0.1) is 11.3 Å². The van der Waals surface area contributed by atoms with Gasteiger partial charge < -0.3 is 0 Å². The summed E-state index contributed by atoms with van der Waals surface area (Å²) in [7, 11) is 0. The third-order valence-electron chi connectivity index (χ3n) is 3.57. The van der Waals surface area contributed by atoms with Gasteiger partial charge in [0.2, 0.25) is 0 Å². The standard InChI is InChI=1S/C15H17BrN4S/c1-2-20-13-6-4-3-5-10(13)11(19-20)9-12(18-17)14-7-8-15(16)21-14/h3-8,12,18H,2,9,17H2,1H3. The van der Waals surface area contributed by atoms with Gasteiger partial charge in [0.25, 0.3) is 0 Å². The number of hydrogen-bond donors (Lipinski definition) is 2. The van der Waals surface area contributed by atoms with Crippen molar-refractivity contribution < 1.29 is 0 Å². The predicted octanol–water partition coefficient (Wildman–Crippen LogP) is 3.63. The normalized spacial score (nSPS) is 12.9. The molecule has 0 aliphatic heterocycles. The summed E-state index contributed by atoms with van der Waals surface area (Å²) >= 11 is 5.20. The molecule has 4 nitrogen and oxygen atoms in total. The molecule has 0 saturated heterocycles. The molecule has 0 fully saturated rings. The Hall–Kier alpha value is -1.21. The Balaban J connectivity index is 1.97. The average Bonchev–Trinajstić information content (AvgIpc) is 3.09. The zero-order chi connectivity index (χ0) is 14.8. The highest BCUT2D eigenvalue weighted by Gasteiger charge is 2.17. The van der Waals surface area contributed by atoms with Crippen molar-refractivity contribution in [2.24, 2.45) is 5.84 Å². The van der Waals surface area contributed by atoms with Gasteiger partial charge in [-0.1, -0.05) is 18.2 Å². The molecule has 2 aromatic heterocycles.